The molecule has 1 amide bonds. The highest BCUT2D eigenvalue weighted by Crippen LogP contribution is 2.33. The summed E-state index contributed by atoms with van der Waals surface area (Å²) in [5.41, 5.74) is 1.75. The van der Waals surface area contributed by atoms with Crippen molar-refractivity contribution in [1.29, 1.82) is 0 Å². The van der Waals surface area contributed by atoms with Crippen molar-refractivity contribution < 1.29 is 28.5 Å². The van der Waals surface area contributed by atoms with E-state index in [1.807, 2.05) is 43.4 Å². The summed E-state index contributed by atoms with van der Waals surface area (Å²) in [5, 5.41) is 2.89. The number of rotatable bonds is 6. The summed E-state index contributed by atoms with van der Waals surface area (Å²) in [6.45, 7) is 1.96. The van der Waals surface area contributed by atoms with Crippen LogP contribution in [-0.4, -0.2) is 64.3 Å². The van der Waals surface area contributed by atoms with E-state index in [0.29, 0.717) is 23.7 Å². The SMILES string of the molecule is CCOC(=O)[C@@H]1Cc2ccc(OC)c(c2)Oc2ccc(cc2)C[C@H](N(C)BOC)C(=O)N1. The molecule has 0 aromatic heterocycles. The number of amides is 1. The van der Waals surface area contributed by atoms with Crippen LogP contribution in [0.15, 0.2) is 42.5 Å². The summed E-state index contributed by atoms with van der Waals surface area (Å²) in [6, 6.07) is 11.6. The minimum atomic E-state index is -0.842. The van der Waals surface area contributed by atoms with Gasteiger partial charge >= 0.3 is 13.6 Å². The summed E-state index contributed by atoms with van der Waals surface area (Å²) in [7, 11) is 5.22. The molecule has 2 heterocycles. The molecule has 4 bridgehead atoms. The number of likely N-dealkylation sites (N-methyl/N-ethyl adjacent to an activating group) is 1. The van der Waals surface area contributed by atoms with Crippen molar-refractivity contribution in [2.75, 3.05) is 27.9 Å². The summed E-state index contributed by atoms with van der Waals surface area (Å²) in [6.07, 6.45) is 0.694. The second-order valence-electron chi connectivity index (χ2n) is 7.64. The molecule has 2 aliphatic heterocycles. The van der Waals surface area contributed by atoms with Crippen LogP contribution in [0.5, 0.6) is 17.2 Å². The summed E-state index contributed by atoms with van der Waals surface area (Å²) < 4.78 is 21.9. The maximum absolute atomic E-state index is 13.3. The molecule has 2 aromatic carbocycles. The average Bonchev–Trinajstić information content (AvgIpc) is 2.78. The van der Waals surface area contributed by atoms with Gasteiger partial charge in [-0.1, -0.05) is 18.2 Å². The molecule has 32 heavy (non-hydrogen) atoms. The van der Waals surface area contributed by atoms with Crippen LogP contribution in [0.1, 0.15) is 18.1 Å². The lowest BCUT2D eigenvalue weighted by molar-refractivity contribution is -0.147. The van der Waals surface area contributed by atoms with E-state index in [9.17, 15) is 9.59 Å². The van der Waals surface area contributed by atoms with Crippen molar-refractivity contribution in [1.82, 2.24) is 10.1 Å². The Hall–Kier alpha value is -3.04. The summed E-state index contributed by atoms with van der Waals surface area (Å²) in [4.78, 5) is 27.8. The van der Waals surface area contributed by atoms with Crippen LogP contribution in [0, 0.1) is 0 Å². The number of ether oxygens (including phenoxy) is 3. The van der Waals surface area contributed by atoms with Crippen LogP contribution in [0.2, 0.25) is 0 Å². The predicted molar refractivity (Wildman–Crippen MR) is 121 cm³/mol. The molecular formula is C23H29BN2O6. The number of carbonyl (C=O) groups is 2. The third kappa shape index (κ3) is 5.80. The lowest BCUT2D eigenvalue weighted by atomic mass is 9.98. The number of carbonyl (C=O) groups excluding carboxylic acids is 2. The molecule has 0 aliphatic carbocycles. The minimum absolute atomic E-state index is 0.223. The third-order valence-corrected chi connectivity index (χ3v) is 5.30. The van der Waals surface area contributed by atoms with Gasteiger partial charge in [-0.3, -0.25) is 4.79 Å². The van der Waals surface area contributed by atoms with Crippen LogP contribution in [-0.2, 0) is 31.8 Å². The van der Waals surface area contributed by atoms with Gasteiger partial charge in [-0.2, -0.15) is 0 Å². The van der Waals surface area contributed by atoms with Gasteiger partial charge in [-0.05, 0) is 55.8 Å². The Labute approximate surface area is 189 Å². The number of nitrogens with zero attached hydrogens (tertiary/aromatic N) is 1. The molecule has 0 saturated heterocycles. The third-order valence-electron chi connectivity index (χ3n) is 5.30. The van der Waals surface area contributed by atoms with E-state index in [4.69, 9.17) is 18.9 Å². The highest BCUT2D eigenvalue weighted by atomic mass is 16.5. The zero-order valence-corrected chi connectivity index (χ0v) is 18.9. The fourth-order valence-corrected chi connectivity index (χ4v) is 3.65. The number of fused-ring (bicyclic) bond motifs is 7. The van der Waals surface area contributed by atoms with Gasteiger partial charge in [0.1, 0.15) is 11.8 Å². The van der Waals surface area contributed by atoms with Crippen molar-refractivity contribution in [3.05, 3.63) is 53.6 Å². The second kappa shape index (κ2) is 11.0. The van der Waals surface area contributed by atoms with E-state index in [1.165, 1.54) is 0 Å². The molecule has 4 rings (SSSR count). The molecule has 2 aliphatic rings. The van der Waals surface area contributed by atoms with Gasteiger partial charge in [0.05, 0.1) is 19.8 Å². The molecule has 2 atom stereocenters. The fraction of sp³-hybridized carbons (Fsp3) is 0.391. The van der Waals surface area contributed by atoms with Crippen molar-refractivity contribution in [3.8, 4) is 17.2 Å². The topological polar surface area (TPSA) is 86.3 Å². The number of hydrogen-bond donors (Lipinski definition) is 1. The number of methoxy groups -OCH3 is 1. The van der Waals surface area contributed by atoms with Crippen LogP contribution in [0.25, 0.3) is 0 Å². The van der Waals surface area contributed by atoms with Crippen molar-refractivity contribution in [2.24, 2.45) is 0 Å². The Morgan fingerprint density at radius 1 is 1.16 bits per heavy atom. The molecule has 0 fully saturated rings. The van der Waals surface area contributed by atoms with E-state index in [0.717, 1.165) is 11.1 Å². The lowest BCUT2D eigenvalue weighted by Crippen LogP contribution is -2.53. The van der Waals surface area contributed by atoms with Crippen molar-refractivity contribution >= 4 is 19.5 Å². The molecule has 2 aromatic rings. The minimum Gasteiger partial charge on any atom is -0.493 e. The average molecular weight is 440 g/mol. The smallest absolute Gasteiger partial charge is 0.363 e. The first-order valence-electron chi connectivity index (χ1n) is 10.5. The van der Waals surface area contributed by atoms with Gasteiger partial charge in [0.25, 0.3) is 0 Å². The van der Waals surface area contributed by atoms with E-state index in [2.05, 4.69) is 5.32 Å². The highest BCUT2D eigenvalue weighted by molar-refractivity contribution is 6.24. The van der Waals surface area contributed by atoms with Gasteiger partial charge in [0.15, 0.2) is 11.5 Å². The van der Waals surface area contributed by atoms with Gasteiger partial charge in [0, 0.05) is 13.5 Å². The van der Waals surface area contributed by atoms with Gasteiger partial charge < -0.3 is 29.0 Å². The first-order valence-corrected chi connectivity index (χ1v) is 10.5. The Kier molecular flexibility index (Phi) is 8.13. The number of nitrogens with one attached hydrogen (secondary N) is 1. The molecule has 0 spiro atoms. The standard InChI is InChI=1S/C23H29BN2O6/c1-5-31-23(28)18-12-16-8-11-20(29-3)21(14-16)32-17-9-6-15(7-10-17)13-19(22(27)25-18)26(2)24-30-4/h6-11,14,18-19,24H,5,12-13H2,1-4H3,(H,25,27)/t18-,19-/m0/s1. The number of esters is 1. The Morgan fingerprint density at radius 3 is 2.53 bits per heavy atom. The largest absolute Gasteiger partial charge is 0.493 e. The molecule has 0 radical (unpaired) electrons. The van der Waals surface area contributed by atoms with Crippen LogP contribution >= 0.6 is 0 Å². The number of benzene rings is 2. The van der Waals surface area contributed by atoms with Crippen LogP contribution in [0.4, 0.5) is 0 Å². The highest BCUT2D eigenvalue weighted by Gasteiger charge is 2.30. The Balaban J connectivity index is 2.03. The maximum Gasteiger partial charge on any atom is 0.363 e. The fourth-order valence-electron chi connectivity index (χ4n) is 3.65. The van der Waals surface area contributed by atoms with Crippen LogP contribution < -0.4 is 14.8 Å². The lowest BCUT2D eigenvalue weighted by Gasteiger charge is -2.28. The van der Waals surface area contributed by atoms with Crippen LogP contribution in [0.3, 0.4) is 0 Å². The normalized spacial score (nSPS) is 18.3. The molecule has 170 valence electrons. The van der Waals surface area contributed by atoms with E-state index in [-0.39, 0.29) is 26.6 Å². The monoisotopic (exact) mass is 440 g/mol. The first-order chi connectivity index (χ1) is 15.4. The Morgan fingerprint density at radius 2 is 1.88 bits per heavy atom. The van der Waals surface area contributed by atoms with Crippen molar-refractivity contribution in [2.45, 2.75) is 31.8 Å². The molecule has 0 unspecified atom stereocenters. The molecule has 8 nitrogen and oxygen atoms in total. The van der Waals surface area contributed by atoms with E-state index < -0.39 is 18.1 Å². The molecular weight excluding hydrogens is 411 g/mol. The predicted octanol–water partition coefficient (Wildman–Crippen LogP) is 1.85. The maximum atomic E-state index is 13.3. The van der Waals surface area contributed by atoms with Crippen molar-refractivity contribution in [3.63, 3.8) is 0 Å². The van der Waals surface area contributed by atoms with E-state index in [1.54, 1.807) is 32.0 Å². The summed E-state index contributed by atoms with van der Waals surface area (Å²) >= 11 is 0. The second-order valence-corrected chi connectivity index (χ2v) is 7.64. The zero-order valence-electron chi connectivity index (χ0n) is 18.9. The summed E-state index contributed by atoms with van der Waals surface area (Å²) in [5.74, 6) is 0.996. The molecule has 0 saturated carbocycles. The molecule has 9 heteroatoms. The van der Waals surface area contributed by atoms with Gasteiger partial charge in [-0.15, -0.1) is 0 Å². The van der Waals surface area contributed by atoms with Gasteiger partial charge in [0.2, 0.25) is 5.91 Å². The number of hydrogen-bond acceptors (Lipinski definition) is 7. The zero-order chi connectivity index (χ0) is 23.1. The first kappa shape index (κ1) is 23.6. The van der Waals surface area contributed by atoms with E-state index >= 15 is 0 Å². The quantitative estimate of drug-likeness (QED) is 0.542. The van der Waals surface area contributed by atoms with Gasteiger partial charge in [-0.25, -0.2) is 4.79 Å². The molecule has 1 N–H and O–H groups in total. The Bertz CT molecular complexity index is 937.